The summed E-state index contributed by atoms with van der Waals surface area (Å²) >= 11 is 0. The maximum absolute atomic E-state index is 9.15. The standard InChI is InChI=1S/C26H27N5/c1-18-9-19(2)11-23(10-18)25-17-30-16-22(26(25)31-7-5-24(28)6-8-31)4-3-20-12-21(13-27)15-29-14-20/h3-4,9-12,14-17,24H,5-8,28H2,1-2H3. The van der Waals surface area contributed by atoms with Gasteiger partial charge in [-0.15, -0.1) is 0 Å². The van der Waals surface area contributed by atoms with Gasteiger partial charge in [0.05, 0.1) is 11.3 Å². The summed E-state index contributed by atoms with van der Waals surface area (Å²) in [6.07, 6.45) is 13.2. The van der Waals surface area contributed by atoms with Gasteiger partial charge in [-0.1, -0.05) is 41.5 Å². The summed E-state index contributed by atoms with van der Waals surface area (Å²) in [7, 11) is 0. The molecule has 0 radical (unpaired) electrons. The molecule has 0 amide bonds. The number of benzene rings is 1. The minimum absolute atomic E-state index is 0.265. The van der Waals surface area contributed by atoms with E-state index in [0.29, 0.717) is 5.56 Å². The highest BCUT2D eigenvalue weighted by Gasteiger charge is 2.22. The van der Waals surface area contributed by atoms with Gasteiger partial charge in [0.25, 0.3) is 0 Å². The second-order valence-electron chi connectivity index (χ2n) is 8.28. The largest absolute Gasteiger partial charge is 0.370 e. The van der Waals surface area contributed by atoms with Crippen molar-refractivity contribution in [1.29, 1.82) is 5.26 Å². The van der Waals surface area contributed by atoms with Crippen molar-refractivity contribution in [3.8, 4) is 17.2 Å². The second-order valence-corrected chi connectivity index (χ2v) is 8.28. The first-order valence-electron chi connectivity index (χ1n) is 10.6. The number of rotatable bonds is 4. The molecule has 1 saturated heterocycles. The third kappa shape index (κ3) is 4.82. The van der Waals surface area contributed by atoms with Gasteiger partial charge >= 0.3 is 0 Å². The van der Waals surface area contributed by atoms with Gasteiger partial charge in [-0.2, -0.15) is 5.26 Å². The van der Waals surface area contributed by atoms with Crippen molar-refractivity contribution in [2.24, 2.45) is 5.73 Å². The summed E-state index contributed by atoms with van der Waals surface area (Å²) in [6, 6.07) is 10.9. The predicted octanol–water partition coefficient (Wildman–Crippen LogP) is 4.73. The molecule has 3 aromatic rings. The first-order chi connectivity index (χ1) is 15.0. The molecule has 156 valence electrons. The Kier molecular flexibility index (Phi) is 6.11. The lowest BCUT2D eigenvalue weighted by molar-refractivity contribution is 0.501. The molecule has 31 heavy (non-hydrogen) atoms. The Morgan fingerprint density at radius 1 is 0.968 bits per heavy atom. The van der Waals surface area contributed by atoms with Crippen molar-refractivity contribution in [2.45, 2.75) is 32.7 Å². The molecule has 1 aliphatic heterocycles. The quantitative estimate of drug-likeness (QED) is 0.674. The second kappa shape index (κ2) is 9.11. The van der Waals surface area contributed by atoms with Crippen LogP contribution in [0.15, 0.2) is 49.1 Å². The molecule has 2 N–H and O–H groups in total. The highest BCUT2D eigenvalue weighted by atomic mass is 15.1. The first-order valence-corrected chi connectivity index (χ1v) is 10.6. The minimum Gasteiger partial charge on any atom is -0.370 e. The maximum Gasteiger partial charge on any atom is 0.101 e. The lowest BCUT2D eigenvalue weighted by Crippen LogP contribution is -2.40. The van der Waals surface area contributed by atoms with E-state index in [2.05, 4.69) is 59.1 Å². The third-order valence-corrected chi connectivity index (χ3v) is 5.68. The number of hydrogen-bond acceptors (Lipinski definition) is 5. The Balaban J connectivity index is 1.80. The van der Waals surface area contributed by atoms with Crippen LogP contribution < -0.4 is 10.6 Å². The molecule has 5 heteroatoms. The van der Waals surface area contributed by atoms with Crippen LogP contribution in [0.2, 0.25) is 0 Å². The summed E-state index contributed by atoms with van der Waals surface area (Å²) in [5.41, 5.74) is 14.6. The van der Waals surface area contributed by atoms with Gasteiger partial charge in [-0.05, 0) is 43.9 Å². The number of aromatic nitrogens is 2. The first kappa shape index (κ1) is 20.8. The zero-order chi connectivity index (χ0) is 21.8. The number of piperidine rings is 1. The third-order valence-electron chi connectivity index (χ3n) is 5.68. The Morgan fingerprint density at radius 2 is 1.68 bits per heavy atom. The molecule has 2 aromatic heterocycles. The molecule has 0 aliphatic carbocycles. The molecule has 1 fully saturated rings. The smallest absolute Gasteiger partial charge is 0.101 e. The van der Waals surface area contributed by atoms with Crippen LogP contribution in [-0.4, -0.2) is 29.1 Å². The van der Waals surface area contributed by atoms with Gasteiger partial charge in [0, 0.05) is 55.0 Å². The Bertz CT molecular complexity index is 1130. The van der Waals surface area contributed by atoms with Gasteiger partial charge in [0.1, 0.15) is 6.07 Å². The average Bonchev–Trinajstić information content (AvgIpc) is 2.77. The van der Waals surface area contributed by atoms with Gasteiger partial charge < -0.3 is 10.6 Å². The molecule has 0 saturated carbocycles. The van der Waals surface area contributed by atoms with E-state index in [1.807, 2.05) is 24.5 Å². The van der Waals surface area contributed by atoms with Crippen LogP contribution in [0, 0.1) is 25.2 Å². The number of nitriles is 1. The Morgan fingerprint density at radius 3 is 2.39 bits per heavy atom. The summed E-state index contributed by atoms with van der Waals surface area (Å²) in [5.74, 6) is 0. The van der Waals surface area contributed by atoms with E-state index in [1.165, 1.54) is 22.4 Å². The molecular formula is C26H27N5. The van der Waals surface area contributed by atoms with E-state index in [1.54, 1.807) is 12.4 Å². The number of anilines is 1. The van der Waals surface area contributed by atoms with Crippen molar-refractivity contribution in [3.63, 3.8) is 0 Å². The number of aryl methyl sites for hydroxylation is 2. The molecule has 1 aromatic carbocycles. The van der Waals surface area contributed by atoms with Crippen molar-refractivity contribution in [2.75, 3.05) is 18.0 Å². The normalized spacial score (nSPS) is 14.7. The van der Waals surface area contributed by atoms with E-state index >= 15 is 0 Å². The maximum atomic E-state index is 9.15. The molecule has 5 nitrogen and oxygen atoms in total. The summed E-state index contributed by atoms with van der Waals surface area (Å²) in [5, 5.41) is 9.15. The lowest BCUT2D eigenvalue weighted by Gasteiger charge is -2.34. The molecule has 1 aliphatic rings. The summed E-state index contributed by atoms with van der Waals surface area (Å²) in [6.45, 7) is 6.11. The van der Waals surface area contributed by atoms with Gasteiger partial charge in [-0.3, -0.25) is 9.97 Å². The molecule has 4 rings (SSSR count). The number of hydrogen-bond donors (Lipinski definition) is 1. The van der Waals surface area contributed by atoms with Gasteiger partial charge in [0.15, 0.2) is 0 Å². The molecule has 3 heterocycles. The van der Waals surface area contributed by atoms with Crippen LogP contribution in [-0.2, 0) is 0 Å². The molecule has 0 spiro atoms. The fourth-order valence-electron chi connectivity index (χ4n) is 4.21. The number of nitrogens with zero attached hydrogens (tertiary/aromatic N) is 4. The molecule has 0 bridgehead atoms. The zero-order valence-corrected chi connectivity index (χ0v) is 18.0. The zero-order valence-electron chi connectivity index (χ0n) is 18.0. The van der Waals surface area contributed by atoms with E-state index in [0.717, 1.165) is 42.6 Å². The number of pyridine rings is 2. The van der Waals surface area contributed by atoms with Crippen LogP contribution in [0.4, 0.5) is 5.69 Å². The van der Waals surface area contributed by atoms with Crippen molar-refractivity contribution < 1.29 is 0 Å². The van der Waals surface area contributed by atoms with Crippen molar-refractivity contribution in [1.82, 2.24) is 9.97 Å². The topological polar surface area (TPSA) is 78.8 Å². The SMILES string of the molecule is Cc1cc(C)cc(-c2cncc(C=Cc3cncc(C#N)c3)c2N2CCC(N)CC2)c1. The highest BCUT2D eigenvalue weighted by Crippen LogP contribution is 2.36. The van der Waals surface area contributed by atoms with E-state index in [-0.39, 0.29) is 6.04 Å². The molecule has 0 unspecified atom stereocenters. The monoisotopic (exact) mass is 409 g/mol. The van der Waals surface area contributed by atoms with Crippen molar-refractivity contribution >= 4 is 17.8 Å². The Labute approximate surface area is 183 Å². The molecule has 0 atom stereocenters. The Hall–Kier alpha value is -3.49. The summed E-state index contributed by atoms with van der Waals surface area (Å²) in [4.78, 5) is 11.2. The van der Waals surface area contributed by atoms with Crippen LogP contribution in [0.1, 0.15) is 40.7 Å². The highest BCUT2D eigenvalue weighted by molar-refractivity contribution is 5.87. The predicted molar refractivity (Wildman–Crippen MR) is 126 cm³/mol. The fourth-order valence-corrected chi connectivity index (χ4v) is 4.21. The number of nitrogens with two attached hydrogens (primary N) is 1. The summed E-state index contributed by atoms with van der Waals surface area (Å²) < 4.78 is 0. The van der Waals surface area contributed by atoms with E-state index in [4.69, 9.17) is 11.0 Å². The fraction of sp³-hybridized carbons (Fsp3) is 0.269. The van der Waals surface area contributed by atoms with Crippen LogP contribution in [0.3, 0.4) is 0 Å². The van der Waals surface area contributed by atoms with Gasteiger partial charge in [0.2, 0.25) is 0 Å². The van der Waals surface area contributed by atoms with Gasteiger partial charge in [-0.25, -0.2) is 0 Å². The lowest BCUT2D eigenvalue weighted by atomic mass is 9.96. The minimum atomic E-state index is 0.265. The average molecular weight is 410 g/mol. The molecular weight excluding hydrogens is 382 g/mol. The van der Waals surface area contributed by atoms with Crippen LogP contribution in [0.5, 0.6) is 0 Å². The van der Waals surface area contributed by atoms with Crippen LogP contribution in [0.25, 0.3) is 23.3 Å². The van der Waals surface area contributed by atoms with Crippen molar-refractivity contribution in [3.05, 3.63) is 76.9 Å². The van der Waals surface area contributed by atoms with Crippen LogP contribution >= 0.6 is 0 Å². The van der Waals surface area contributed by atoms with E-state index in [9.17, 15) is 0 Å². The van der Waals surface area contributed by atoms with E-state index < -0.39 is 0 Å².